The van der Waals surface area contributed by atoms with Gasteiger partial charge in [-0.1, -0.05) is 18.2 Å². The van der Waals surface area contributed by atoms with Crippen LogP contribution in [0.15, 0.2) is 48.5 Å². The largest absolute Gasteiger partial charge is 0.493 e. The molecule has 0 aliphatic carbocycles. The minimum Gasteiger partial charge on any atom is -0.493 e. The highest BCUT2D eigenvalue weighted by Gasteiger charge is 2.18. The molecule has 0 radical (unpaired) electrons. The van der Waals surface area contributed by atoms with Crippen molar-refractivity contribution >= 4 is 18.0 Å². The molecule has 0 aliphatic rings. The van der Waals surface area contributed by atoms with Crippen molar-refractivity contribution in [3.8, 4) is 17.2 Å². The van der Waals surface area contributed by atoms with Gasteiger partial charge in [-0.25, -0.2) is 9.59 Å². The lowest BCUT2D eigenvalue weighted by atomic mass is 10.1. The number of methoxy groups -OCH3 is 3. The smallest absolute Gasteiger partial charge is 0.343 e. The Labute approximate surface area is 145 Å². The normalized spacial score (nSPS) is 10.4. The highest BCUT2D eigenvalue weighted by atomic mass is 16.6. The van der Waals surface area contributed by atoms with E-state index in [1.807, 2.05) is 0 Å². The molecule has 0 bridgehead atoms. The highest BCUT2D eigenvalue weighted by Crippen LogP contribution is 2.39. The Hall–Kier alpha value is -3.28. The molecule has 0 saturated carbocycles. The third-order valence-corrected chi connectivity index (χ3v) is 3.30. The van der Waals surface area contributed by atoms with Crippen molar-refractivity contribution in [1.29, 1.82) is 0 Å². The zero-order chi connectivity index (χ0) is 18.2. The van der Waals surface area contributed by atoms with Crippen LogP contribution >= 0.6 is 0 Å². The van der Waals surface area contributed by atoms with Gasteiger partial charge in [-0.15, -0.1) is 0 Å². The molecule has 0 fully saturated rings. The summed E-state index contributed by atoms with van der Waals surface area (Å²) >= 11 is 0. The third-order valence-electron chi connectivity index (χ3n) is 3.30. The molecule has 6 nitrogen and oxygen atoms in total. The van der Waals surface area contributed by atoms with Gasteiger partial charge in [0.05, 0.1) is 26.9 Å². The second kappa shape index (κ2) is 8.54. The Morgan fingerprint density at radius 1 is 0.920 bits per heavy atom. The molecule has 0 atom stereocenters. The van der Waals surface area contributed by atoms with Crippen molar-refractivity contribution in [2.24, 2.45) is 0 Å². The number of ether oxygens (including phenoxy) is 4. The van der Waals surface area contributed by atoms with Crippen LogP contribution in [0, 0.1) is 0 Å². The number of hydrogen-bond donors (Lipinski definition) is 0. The van der Waals surface area contributed by atoms with Crippen LogP contribution < -0.4 is 14.2 Å². The summed E-state index contributed by atoms with van der Waals surface area (Å²) in [7, 11) is 4.19. The molecule has 0 aromatic heterocycles. The van der Waals surface area contributed by atoms with E-state index in [4.69, 9.17) is 14.2 Å². The van der Waals surface area contributed by atoms with Gasteiger partial charge in [0.25, 0.3) is 0 Å². The number of carbonyl (C=O) groups is 2. The van der Waals surface area contributed by atoms with Crippen molar-refractivity contribution in [3.63, 3.8) is 0 Å². The van der Waals surface area contributed by atoms with Crippen molar-refractivity contribution < 1.29 is 28.5 Å². The molecular weight excluding hydrogens is 324 g/mol. The number of hydrogen-bond acceptors (Lipinski definition) is 6. The third kappa shape index (κ3) is 4.60. The molecule has 2 rings (SSSR count). The fourth-order valence-corrected chi connectivity index (χ4v) is 2.06. The van der Waals surface area contributed by atoms with Crippen LogP contribution in [0.3, 0.4) is 0 Å². The summed E-state index contributed by atoms with van der Waals surface area (Å²) in [5.41, 5.74) is 1.03. The van der Waals surface area contributed by atoms with Crippen LogP contribution in [-0.2, 0) is 9.53 Å². The minimum atomic E-state index is -0.532. The van der Waals surface area contributed by atoms with Crippen molar-refractivity contribution in [2.45, 2.75) is 0 Å². The van der Waals surface area contributed by atoms with Crippen LogP contribution in [0.2, 0.25) is 0 Å². The fraction of sp³-hybridized carbons (Fsp3) is 0.158. The molecule has 25 heavy (non-hydrogen) atoms. The maximum Gasteiger partial charge on any atom is 0.343 e. The number of benzene rings is 2. The summed E-state index contributed by atoms with van der Waals surface area (Å²) < 4.78 is 20.6. The predicted octanol–water partition coefficient (Wildman–Crippen LogP) is 3.11. The lowest BCUT2D eigenvalue weighted by Crippen LogP contribution is -2.10. The van der Waals surface area contributed by atoms with E-state index >= 15 is 0 Å². The van der Waals surface area contributed by atoms with Gasteiger partial charge in [0.15, 0.2) is 11.5 Å². The summed E-state index contributed by atoms with van der Waals surface area (Å²) in [5, 5.41) is 0. The van der Waals surface area contributed by atoms with Crippen molar-refractivity contribution in [1.82, 2.24) is 0 Å². The van der Waals surface area contributed by atoms with E-state index in [-0.39, 0.29) is 5.75 Å². The average molecular weight is 342 g/mol. The summed E-state index contributed by atoms with van der Waals surface area (Å²) in [6.07, 6.45) is 2.81. The Morgan fingerprint density at radius 3 is 2.04 bits per heavy atom. The number of rotatable bonds is 6. The lowest BCUT2D eigenvalue weighted by Gasteiger charge is -2.14. The second-order valence-corrected chi connectivity index (χ2v) is 4.87. The molecule has 0 N–H and O–H groups in total. The van der Waals surface area contributed by atoms with Crippen LogP contribution in [0.5, 0.6) is 17.2 Å². The standard InChI is InChI=1S/C19H18O6/c1-22-15-11-13(9-10-17(20)24-3)12-16(23-2)18(15)25-19(21)14-7-5-4-6-8-14/h4-12H,1-3H3/b10-9+. The van der Waals surface area contributed by atoms with Crippen LogP contribution in [0.25, 0.3) is 6.08 Å². The van der Waals surface area contributed by atoms with Crippen LogP contribution in [-0.4, -0.2) is 33.3 Å². The average Bonchev–Trinajstić information content (AvgIpc) is 2.66. The van der Waals surface area contributed by atoms with Gasteiger partial charge in [-0.3, -0.25) is 0 Å². The van der Waals surface area contributed by atoms with E-state index in [0.29, 0.717) is 22.6 Å². The molecule has 0 amide bonds. The van der Waals surface area contributed by atoms with E-state index in [1.54, 1.807) is 48.5 Å². The topological polar surface area (TPSA) is 71.1 Å². The second-order valence-electron chi connectivity index (χ2n) is 4.87. The van der Waals surface area contributed by atoms with Gasteiger partial charge < -0.3 is 18.9 Å². The lowest BCUT2D eigenvalue weighted by molar-refractivity contribution is -0.134. The van der Waals surface area contributed by atoms with E-state index in [9.17, 15) is 9.59 Å². The summed E-state index contributed by atoms with van der Waals surface area (Å²) in [5.74, 6) is -0.261. The Kier molecular flexibility index (Phi) is 6.17. The molecule has 0 saturated heterocycles. The fourth-order valence-electron chi connectivity index (χ4n) is 2.06. The summed E-state index contributed by atoms with van der Waals surface area (Å²) in [6.45, 7) is 0. The molecule has 0 spiro atoms. The minimum absolute atomic E-state index is 0.161. The van der Waals surface area contributed by atoms with E-state index in [0.717, 1.165) is 0 Å². The first-order valence-electron chi connectivity index (χ1n) is 7.38. The first kappa shape index (κ1) is 18.1. The Balaban J connectivity index is 2.35. The molecule has 0 aliphatic heterocycles. The first-order valence-corrected chi connectivity index (χ1v) is 7.38. The SMILES string of the molecule is COC(=O)/C=C/c1cc(OC)c(OC(=O)c2ccccc2)c(OC)c1. The number of carbonyl (C=O) groups excluding carboxylic acids is 2. The molecule has 6 heteroatoms. The van der Waals surface area contributed by atoms with Gasteiger partial charge in [0, 0.05) is 6.08 Å². The molecule has 0 unspecified atom stereocenters. The van der Waals surface area contributed by atoms with Gasteiger partial charge >= 0.3 is 11.9 Å². The highest BCUT2D eigenvalue weighted by molar-refractivity contribution is 5.92. The molecule has 130 valence electrons. The van der Waals surface area contributed by atoms with Gasteiger partial charge in [-0.2, -0.15) is 0 Å². The van der Waals surface area contributed by atoms with Crippen LogP contribution in [0.1, 0.15) is 15.9 Å². The molecule has 2 aromatic rings. The monoisotopic (exact) mass is 342 g/mol. The van der Waals surface area contributed by atoms with Crippen molar-refractivity contribution in [3.05, 3.63) is 59.7 Å². The summed E-state index contributed by atoms with van der Waals surface area (Å²) in [6, 6.07) is 11.8. The zero-order valence-electron chi connectivity index (χ0n) is 14.1. The quantitative estimate of drug-likeness (QED) is 0.456. The van der Waals surface area contributed by atoms with E-state index < -0.39 is 11.9 Å². The molecule has 0 heterocycles. The van der Waals surface area contributed by atoms with Crippen LogP contribution in [0.4, 0.5) is 0 Å². The van der Waals surface area contributed by atoms with Gasteiger partial charge in [0.1, 0.15) is 0 Å². The maximum absolute atomic E-state index is 12.3. The Bertz CT molecular complexity index is 755. The first-order chi connectivity index (χ1) is 12.1. The number of esters is 2. The molecular formula is C19H18O6. The zero-order valence-corrected chi connectivity index (χ0v) is 14.1. The molecule has 2 aromatic carbocycles. The Morgan fingerprint density at radius 2 is 1.52 bits per heavy atom. The van der Waals surface area contributed by atoms with Gasteiger partial charge in [-0.05, 0) is 35.9 Å². The maximum atomic E-state index is 12.3. The summed E-state index contributed by atoms with van der Waals surface area (Å²) in [4.78, 5) is 23.5. The van der Waals surface area contributed by atoms with E-state index in [2.05, 4.69) is 4.74 Å². The predicted molar refractivity (Wildman–Crippen MR) is 92.0 cm³/mol. The van der Waals surface area contributed by atoms with E-state index in [1.165, 1.54) is 27.4 Å². The van der Waals surface area contributed by atoms with Gasteiger partial charge in [0.2, 0.25) is 5.75 Å². The van der Waals surface area contributed by atoms with Crippen molar-refractivity contribution in [2.75, 3.05) is 21.3 Å².